The molecule has 0 radical (unpaired) electrons. The zero-order valence-corrected chi connectivity index (χ0v) is 10.5. The lowest BCUT2D eigenvalue weighted by Gasteiger charge is -2.16. The number of alkyl halides is 1. The minimum atomic E-state index is 0.826. The largest absolute Gasteiger partial charge is 0.0888 e. The van der Waals surface area contributed by atoms with Gasteiger partial charge in [-0.15, -0.1) is 0 Å². The summed E-state index contributed by atoms with van der Waals surface area (Å²) in [5, 5.41) is 0. The summed E-state index contributed by atoms with van der Waals surface area (Å²) < 4.78 is 0. The van der Waals surface area contributed by atoms with Crippen molar-refractivity contribution in [1.29, 1.82) is 0 Å². The fourth-order valence-electron chi connectivity index (χ4n) is 2.32. The van der Waals surface area contributed by atoms with Gasteiger partial charge in [0.2, 0.25) is 0 Å². The molecule has 1 unspecified atom stereocenters. The number of halogens is 1. The van der Waals surface area contributed by atoms with Gasteiger partial charge in [-0.25, -0.2) is 0 Å². The van der Waals surface area contributed by atoms with Gasteiger partial charge in [0.15, 0.2) is 0 Å². The van der Waals surface area contributed by atoms with Crippen LogP contribution in [0.3, 0.4) is 0 Å². The van der Waals surface area contributed by atoms with Gasteiger partial charge in [0.1, 0.15) is 0 Å². The van der Waals surface area contributed by atoms with Crippen LogP contribution < -0.4 is 0 Å². The van der Waals surface area contributed by atoms with Crippen molar-refractivity contribution in [2.24, 2.45) is 5.92 Å². The highest BCUT2D eigenvalue weighted by atomic mass is 79.9. The molecule has 0 amide bonds. The Morgan fingerprint density at radius 2 is 1.85 bits per heavy atom. The van der Waals surface area contributed by atoms with E-state index in [2.05, 4.69) is 22.9 Å². The second kappa shape index (κ2) is 6.86. The minimum Gasteiger partial charge on any atom is -0.0888 e. The molecule has 1 heteroatoms. The molecule has 78 valence electrons. The lowest BCUT2D eigenvalue weighted by atomic mass is 9.99. The summed E-state index contributed by atoms with van der Waals surface area (Å²) in [6.45, 7) is 2.28. The molecule has 0 heterocycles. The van der Waals surface area contributed by atoms with E-state index in [9.17, 15) is 0 Å². The first-order valence-electron chi connectivity index (χ1n) is 5.98. The highest BCUT2D eigenvalue weighted by Crippen LogP contribution is 2.33. The van der Waals surface area contributed by atoms with E-state index >= 15 is 0 Å². The van der Waals surface area contributed by atoms with Gasteiger partial charge in [0.05, 0.1) is 0 Å². The molecular weight excluding hydrogens is 224 g/mol. The zero-order valence-electron chi connectivity index (χ0n) is 8.90. The summed E-state index contributed by atoms with van der Waals surface area (Å²) in [6, 6.07) is 0. The van der Waals surface area contributed by atoms with Crippen LogP contribution >= 0.6 is 15.9 Å². The maximum atomic E-state index is 3.86. The summed E-state index contributed by atoms with van der Waals surface area (Å²) in [5.41, 5.74) is 0. The van der Waals surface area contributed by atoms with E-state index in [-0.39, 0.29) is 0 Å². The summed E-state index contributed by atoms with van der Waals surface area (Å²) in [7, 11) is 0. The van der Waals surface area contributed by atoms with Crippen molar-refractivity contribution in [3.05, 3.63) is 0 Å². The second-order valence-electron chi connectivity index (χ2n) is 4.41. The van der Waals surface area contributed by atoms with Crippen molar-refractivity contribution in [2.75, 3.05) is 0 Å². The van der Waals surface area contributed by atoms with Crippen LogP contribution in [0.15, 0.2) is 0 Å². The van der Waals surface area contributed by atoms with Gasteiger partial charge in [0.25, 0.3) is 0 Å². The van der Waals surface area contributed by atoms with Crippen LogP contribution in [0.5, 0.6) is 0 Å². The molecule has 0 saturated heterocycles. The molecule has 1 atom stereocenters. The average molecular weight is 247 g/mol. The maximum Gasteiger partial charge on any atom is 0.0174 e. The van der Waals surface area contributed by atoms with Crippen molar-refractivity contribution in [1.82, 2.24) is 0 Å². The van der Waals surface area contributed by atoms with E-state index in [4.69, 9.17) is 0 Å². The first-order chi connectivity index (χ1) is 6.34. The van der Waals surface area contributed by atoms with E-state index in [0.717, 1.165) is 10.7 Å². The molecule has 0 aromatic carbocycles. The number of hydrogen-bond donors (Lipinski definition) is 0. The third-order valence-corrected chi connectivity index (χ3v) is 4.45. The number of unbranched alkanes of at least 4 members (excludes halogenated alkanes) is 3. The monoisotopic (exact) mass is 246 g/mol. The Labute approximate surface area is 91.6 Å². The van der Waals surface area contributed by atoms with Crippen LogP contribution in [0.25, 0.3) is 0 Å². The third kappa shape index (κ3) is 4.49. The van der Waals surface area contributed by atoms with Crippen molar-refractivity contribution >= 4 is 15.9 Å². The summed E-state index contributed by atoms with van der Waals surface area (Å²) >= 11 is 3.86. The molecule has 1 saturated carbocycles. The Kier molecular flexibility index (Phi) is 6.10. The Morgan fingerprint density at radius 3 is 2.46 bits per heavy atom. The molecule has 1 aliphatic rings. The highest BCUT2D eigenvalue weighted by Gasteiger charge is 2.21. The number of hydrogen-bond acceptors (Lipinski definition) is 0. The van der Waals surface area contributed by atoms with Gasteiger partial charge in [-0.1, -0.05) is 61.4 Å². The van der Waals surface area contributed by atoms with Crippen LogP contribution in [-0.2, 0) is 0 Å². The molecule has 0 N–H and O–H groups in total. The van der Waals surface area contributed by atoms with Crippen LogP contribution in [-0.4, -0.2) is 4.83 Å². The molecule has 13 heavy (non-hydrogen) atoms. The molecule has 0 aromatic heterocycles. The van der Waals surface area contributed by atoms with E-state index in [0.29, 0.717) is 0 Å². The summed E-state index contributed by atoms with van der Waals surface area (Å²) in [6.07, 6.45) is 13.0. The smallest absolute Gasteiger partial charge is 0.0174 e. The summed E-state index contributed by atoms with van der Waals surface area (Å²) in [4.78, 5) is 0.826. The molecule has 0 aromatic rings. The zero-order chi connectivity index (χ0) is 9.52. The SMILES string of the molecule is CCCCCCC(Br)C1CCCC1. The maximum absolute atomic E-state index is 3.86. The highest BCUT2D eigenvalue weighted by molar-refractivity contribution is 9.09. The van der Waals surface area contributed by atoms with Gasteiger partial charge < -0.3 is 0 Å². The van der Waals surface area contributed by atoms with Crippen molar-refractivity contribution in [2.45, 2.75) is 69.5 Å². The average Bonchev–Trinajstić information content (AvgIpc) is 2.65. The Hall–Kier alpha value is 0.480. The molecule has 0 nitrogen and oxygen atoms in total. The van der Waals surface area contributed by atoms with Crippen LogP contribution in [0.1, 0.15) is 64.7 Å². The molecule has 1 rings (SSSR count). The second-order valence-corrected chi connectivity index (χ2v) is 5.59. The quantitative estimate of drug-likeness (QED) is 0.462. The van der Waals surface area contributed by atoms with E-state index in [1.54, 1.807) is 0 Å². The van der Waals surface area contributed by atoms with Gasteiger partial charge >= 0.3 is 0 Å². The van der Waals surface area contributed by atoms with Crippen LogP contribution in [0.2, 0.25) is 0 Å². The predicted molar refractivity (Wildman–Crippen MR) is 63.4 cm³/mol. The van der Waals surface area contributed by atoms with Gasteiger partial charge in [0, 0.05) is 4.83 Å². The molecule has 1 aliphatic carbocycles. The van der Waals surface area contributed by atoms with Crippen molar-refractivity contribution in [3.63, 3.8) is 0 Å². The molecule has 0 bridgehead atoms. The topological polar surface area (TPSA) is 0 Å². The van der Waals surface area contributed by atoms with Crippen LogP contribution in [0.4, 0.5) is 0 Å². The standard InChI is InChI=1S/C12H23Br/c1-2-3-4-5-10-12(13)11-8-6-7-9-11/h11-12H,2-10H2,1H3. The Balaban J connectivity index is 1.99. The minimum absolute atomic E-state index is 0.826. The lowest BCUT2D eigenvalue weighted by Crippen LogP contribution is -2.10. The van der Waals surface area contributed by atoms with E-state index in [1.165, 1.54) is 57.8 Å². The molecule has 0 aliphatic heterocycles. The van der Waals surface area contributed by atoms with E-state index in [1.807, 2.05) is 0 Å². The fraction of sp³-hybridized carbons (Fsp3) is 1.00. The van der Waals surface area contributed by atoms with E-state index < -0.39 is 0 Å². The van der Waals surface area contributed by atoms with Crippen LogP contribution in [0, 0.1) is 5.92 Å². The van der Waals surface area contributed by atoms with Crippen molar-refractivity contribution < 1.29 is 0 Å². The van der Waals surface area contributed by atoms with Gasteiger partial charge in [-0.05, 0) is 25.2 Å². The van der Waals surface area contributed by atoms with Crippen molar-refractivity contribution in [3.8, 4) is 0 Å². The normalized spacial score (nSPS) is 20.8. The van der Waals surface area contributed by atoms with Gasteiger partial charge in [-0.2, -0.15) is 0 Å². The lowest BCUT2D eigenvalue weighted by molar-refractivity contribution is 0.484. The molecule has 0 spiro atoms. The Bertz CT molecular complexity index is 116. The first kappa shape index (κ1) is 11.6. The summed E-state index contributed by atoms with van der Waals surface area (Å²) in [5.74, 6) is 1.00. The molecule has 1 fully saturated rings. The van der Waals surface area contributed by atoms with Gasteiger partial charge in [-0.3, -0.25) is 0 Å². The first-order valence-corrected chi connectivity index (χ1v) is 6.90. The fourth-order valence-corrected chi connectivity index (χ4v) is 3.17. The third-order valence-electron chi connectivity index (χ3n) is 3.24. The predicted octanol–water partition coefficient (Wildman–Crippen LogP) is 4.91. The Morgan fingerprint density at radius 1 is 1.15 bits per heavy atom. The number of rotatable bonds is 6. The molecular formula is C12H23Br.